The van der Waals surface area contributed by atoms with Gasteiger partial charge in [0.15, 0.2) is 0 Å². The molecule has 0 fully saturated rings. The zero-order chi connectivity index (χ0) is 12.7. The fourth-order valence-electron chi connectivity index (χ4n) is 2.89. The molecule has 0 aliphatic heterocycles. The van der Waals surface area contributed by atoms with Crippen LogP contribution in [0.25, 0.3) is 27.4 Å². The molecule has 3 aromatic rings. The SMILES string of the molecule is C1=CCCC(c2ccc3[nH]c4ccccc4c3c2)=C1. The first-order valence-electron chi connectivity index (χ1n) is 6.78. The number of fused-ring (bicyclic) bond motifs is 3. The highest BCUT2D eigenvalue weighted by molar-refractivity contribution is 6.08. The largest absolute Gasteiger partial charge is 0.355 e. The van der Waals surface area contributed by atoms with E-state index in [1.807, 2.05) is 0 Å². The van der Waals surface area contributed by atoms with Gasteiger partial charge in [-0.1, -0.05) is 42.5 Å². The van der Waals surface area contributed by atoms with Crippen molar-refractivity contribution in [1.82, 2.24) is 4.98 Å². The van der Waals surface area contributed by atoms with Gasteiger partial charge in [0.1, 0.15) is 0 Å². The number of para-hydroxylation sites is 1. The van der Waals surface area contributed by atoms with E-state index < -0.39 is 0 Å². The van der Waals surface area contributed by atoms with E-state index in [0.717, 1.165) is 12.8 Å². The number of hydrogen-bond donors (Lipinski definition) is 1. The summed E-state index contributed by atoms with van der Waals surface area (Å²) in [6.07, 6.45) is 8.92. The summed E-state index contributed by atoms with van der Waals surface area (Å²) in [7, 11) is 0. The van der Waals surface area contributed by atoms with Gasteiger partial charge in [-0.15, -0.1) is 0 Å². The lowest BCUT2D eigenvalue weighted by Crippen LogP contribution is -1.87. The minimum atomic E-state index is 1.14. The zero-order valence-electron chi connectivity index (χ0n) is 10.7. The molecular formula is C18H15N. The molecule has 0 saturated carbocycles. The van der Waals surface area contributed by atoms with Gasteiger partial charge < -0.3 is 4.98 Å². The Bertz CT molecular complexity index is 818. The zero-order valence-corrected chi connectivity index (χ0v) is 10.7. The third-order valence-electron chi connectivity index (χ3n) is 3.89. The number of aromatic nitrogens is 1. The Morgan fingerprint density at radius 2 is 1.79 bits per heavy atom. The second-order valence-electron chi connectivity index (χ2n) is 5.09. The van der Waals surface area contributed by atoms with Gasteiger partial charge in [0.05, 0.1) is 0 Å². The number of aromatic amines is 1. The summed E-state index contributed by atoms with van der Waals surface area (Å²) in [6, 6.07) is 15.2. The first-order valence-corrected chi connectivity index (χ1v) is 6.78. The highest BCUT2D eigenvalue weighted by atomic mass is 14.7. The molecule has 1 aliphatic rings. The molecule has 0 amide bonds. The summed E-state index contributed by atoms with van der Waals surface area (Å²) in [6.45, 7) is 0. The van der Waals surface area contributed by atoms with Gasteiger partial charge in [-0.05, 0) is 42.2 Å². The van der Waals surface area contributed by atoms with E-state index in [1.54, 1.807) is 0 Å². The average Bonchev–Trinajstić information content (AvgIpc) is 2.86. The predicted molar refractivity (Wildman–Crippen MR) is 82.2 cm³/mol. The topological polar surface area (TPSA) is 15.8 Å². The highest BCUT2D eigenvalue weighted by Crippen LogP contribution is 2.30. The molecular weight excluding hydrogens is 230 g/mol. The second kappa shape index (κ2) is 4.13. The summed E-state index contributed by atoms with van der Waals surface area (Å²) in [5, 5.41) is 2.63. The molecule has 0 atom stereocenters. The second-order valence-corrected chi connectivity index (χ2v) is 5.09. The molecule has 0 saturated heterocycles. The van der Waals surface area contributed by atoms with Crippen LogP contribution in [-0.2, 0) is 0 Å². The maximum Gasteiger partial charge on any atom is 0.0465 e. The van der Waals surface area contributed by atoms with Gasteiger partial charge in [-0.2, -0.15) is 0 Å². The van der Waals surface area contributed by atoms with Crippen molar-refractivity contribution >= 4 is 27.4 Å². The molecule has 0 bridgehead atoms. The Kier molecular flexibility index (Phi) is 2.31. The van der Waals surface area contributed by atoms with Crippen LogP contribution in [0, 0.1) is 0 Å². The van der Waals surface area contributed by atoms with Crippen LogP contribution in [-0.4, -0.2) is 4.98 Å². The van der Waals surface area contributed by atoms with E-state index in [0.29, 0.717) is 0 Å². The van der Waals surface area contributed by atoms with Gasteiger partial charge in [0.2, 0.25) is 0 Å². The van der Waals surface area contributed by atoms with Crippen LogP contribution < -0.4 is 0 Å². The lowest BCUT2D eigenvalue weighted by atomic mass is 9.96. The molecule has 1 N–H and O–H groups in total. The molecule has 1 aromatic heterocycles. The summed E-state index contributed by atoms with van der Waals surface area (Å²) < 4.78 is 0. The molecule has 1 nitrogen and oxygen atoms in total. The van der Waals surface area contributed by atoms with E-state index in [9.17, 15) is 0 Å². The summed E-state index contributed by atoms with van der Waals surface area (Å²) >= 11 is 0. The molecule has 0 spiro atoms. The first kappa shape index (κ1) is 10.6. The fourth-order valence-corrected chi connectivity index (χ4v) is 2.89. The normalized spacial score (nSPS) is 15.1. The minimum Gasteiger partial charge on any atom is -0.355 e. The first-order chi connectivity index (χ1) is 9.42. The molecule has 2 aromatic carbocycles. The maximum absolute atomic E-state index is 3.47. The maximum atomic E-state index is 3.47. The standard InChI is InChI=1S/C18H15N/c1-2-6-13(7-3-1)14-10-11-18-16(12-14)15-8-4-5-9-17(15)19-18/h1-2,4-6,8-12,19H,3,7H2. The van der Waals surface area contributed by atoms with Crippen molar-refractivity contribution in [3.63, 3.8) is 0 Å². The molecule has 0 unspecified atom stereocenters. The van der Waals surface area contributed by atoms with E-state index in [2.05, 4.69) is 65.7 Å². The van der Waals surface area contributed by atoms with Crippen molar-refractivity contribution in [3.8, 4) is 0 Å². The third-order valence-corrected chi connectivity index (χ3v) is 3.89. The van der Waals surface area contributed by atoms with Crippen molar-refractivity contribution in [2.75, 3.05) is 0 Å². The Hall–Kier alpha value is -2.28. The van der Waals surface area contributed by atoms with Gasteiger partial charge in [-0.25, -0.2) is 0 Å². The van der Waals surface area contributed by atoms with Crippen molar-refractivity contribution in [2.45, 2.75) is 12.8 Å². The van der Waals surface area contributed by atoms with Crippen molar-refractivity contribution in [1.29, 1.82) is 0 Å². The highest BCUT2D eigenvalue weighted by Gasteiger charge is 2.07. The summed E-state index contributed by atoms with van der Waals surface area (Å²) in [5.41, 5.74) is 5.22. The monoisotopic (exact) mass is 245 g/mol. The molecule has 1 aliphatic carbocycles. The fraction of sp³-hybridized carbons (Fsp3) is 0.111. The molecule has 19 heavy (non-hydrogen) atoms. The number of nitrogens with one attached hydrogen (secondary N) is 1. The Labute approximate surface area is 112 Å². The van der Waals surface area contributed by atoms with E-state index in [4.69, 9.17) is 0 Å². The summed E-state index contributed by atoms with van der Waals surface area (Å²) in [4.78, 5) is 3.47. The number of hydrogen-bond acceptors (Lipinski definition) is 0. The average molecular weight is 245 g/mol. The number of allylic oxidation sites excluding steroid dienone is 4. The smallest absolute Gasteiger partial charge is 0.0465 e. The van der Waals surface area contributed by atoms with Crippen LogP contribution in [0.15, 0.2) is 60.7 Å². The lowest BCUT2D eigenvalue weighted by molar-refractivity contribution is 1.05. The Balaban J connectivity index is 1.97. The van der Waals surface area contributed by atoms with E-state index >= 15 is 0 Å². The molecule has 92 valence electrons. The quantitative estimate of drug-likeness (QED) is 0.617. The van der Waals surface area contributed by atoms with Crippen LogP contribution in [0.1, 0.15) is 18.4 Å². The van der Waals surface area contributed by atoms with E-state index in [-0.39, 0.29) is 0 Å². The van der Waals surface area contributed by atoms with Gasteiger partial charge >= 0.3 is 0 Å². The van der Waals surface area contributed by atoms with Crippen LogP contribution in [0.3, 0.4) is 0 Å². The predicted octanol–water partition coefficient (Wildman–Crippen LogP) is 5.05. The summed E-state index contributed by atoms with van der Waals surface area (Å²) in [5.74, 6) is 0. The van der Waals surface area contributed by atoms with Crippen molar-refractivity contribution in [3.05, 3.63) is 66.3 Å². The van der Waals surface area contributed by atoms with Gasteiger partial charge in [-0.3, -0.25) is 0 Å². The van der Waals surface area contributed by atoms with Crippen LogP contribution >= 0.6 is 0 Å². The molecule has 1 heteroatoms. The third kappa shape index (κ3) is 1.70. The molecule has 1 heterocycles. The van der Waals surface area contributed by atoms with Crippen LogP contribution in [0.4, 0.5) is 0 Å². The molecule has 0 radical (unpaired) electrons. The Morgan fingerprint density at radius 1 is 0.895 bits per heavy atom. The van der Waals surface area contributed by atoms with Crippen LogP contribution in [0.5, 0.6) is 0 Å². The van der Waals surface area contributed by atoms with Crippen molar-refractivity contribution < 1.29 is 0 Å². The lowest BCUT2D eigenvalue weighted by Gasteiger charge is -2.09. The van der Waals surface area contributed by atoms with Gasteiger partial charge in [0, 0.05) is 21.8 Å². The number of benzene rings is 2. The molecule has 4 rings (SSSR count). The number of H-pyrrole nitrogens is 1. The minimum absolute atomic E-state index is 1.14. The van der Waals surface area contributed by atoms with Crippen molar-refractivity contribution in [2.24, 2.45) is 0 Å². The van der Waals surface area contributed by atoms with Crippen LogP contribution in [0.2, 0.25) is 0 Å². The van der Waals surface area contributed by atoms with Gasteiger partial charge in [0.25, 0.3) is 0 Å². The van der Waals surface area contributed by atoms with E-state index in [1.165, 1.54) is 32.9 Å². The number of rotatable bonds is 1. The Morgan fingerprint density at radius 3 is 2.68 bits per heavy atom.